The Bertz CT molecular complexity index is 769. The highest BCUT2D eigenvalue weighted by molar-refractivity contribution is 8.93. The minimum atomic E-state index is -3.05. The Labute approximate surface area is 155 Å². The summed E-state index contributed by atoms with van der Waals surface area (Å²) in [6, 6.07) is 5.06. The van der Waals surface area contributed by atoms with Gasteiger partial charge in [0.25, 0.3) is 0 Å². The molecule has 0 aromatic heterocycles. The molecule has 2 heterocycles. The van der Waals surface area contributed by atoms with Gasteiger partial charge in [0.05, 0.1) is 38.0 Å². The van der Waals surface area contributed by atoms with Crippen LogP contribution in [0.1, 0.15) is 5.56 Å². The van der Waals surface area contributed by atoms with Crippen LogP contribution in [0.25, 0.3) is 0 Å². The van der Waals surface area contributed by atoms with Gasteiger partial charge in [-0.2, -0.15) is 5.10 Å². The standard InChI is InChI=1S/C14H17N3O4S2.BrH/c1-20-10-3-4-12(21-2)9(5-10)6-16-17-11-7-23(18,19)8-13(11)22-14(17)15;/h3-6,11,13,15H,7-8H2,1-2H3;1H/b15-14?,16-6+;. The molecular formula is C14H18BrN3O4S2. The monoisotopic (exact) mass is 435 g/mol. The number of hydrogen-bond donors (Lipinski definition) is 1. The minimum Gasteiger partial charge on any atom is -0.497 e. The lowest BCUT2D eigenvalue weighted by atomic mass is 10.2. The first-order valence-electron chi connectivity index (χ1n) is 6.94. The molecule has 24 heavy (non-hydrogen) atoms. The van der Waals surface area contributed by atoms with Crippen molar-refractivity contribution in [2.24, 2.45) is 5.10 Å². The highest BCUT2D eigenvalue weighted by Gasteiger charge is 2.48. The number of fused-ring (bicyclic) bond motifs is 1. The van der Waals surface area contributed by atoms with Crippen molar-refractivity contribution in [2.75, 3.05) is 25.7 Å². The number of ether oxygens (including phenoxy) is 2. The molecule has 1 aromatic carbocycles. The molecule has 2 aliphatic heterocycles. The molecule has 0 radical (unpaired) electrons. The fourth-order valence-corrected chi connectivity index (χ4v) is 6.40. The summed E-state index contributed by atoms with van der Waals surface area (Å²) in [7, 11) is 0.0889. The van der Waals surface area contributed by atoms with E-state index in [1.807, 2.05) is 0 Å². The summed E-state index contributed by atoms with van der Waals surface area (Å²) < 4.78 is 34.0. The van der Waals surface area contributed by atoms with Crippen molar-refractivity contribution < 1.29 is 17.9 Å². The summed E-state index contributed by atoms with van der Waals surface area (Å²) in [5, 5.41) is 14.0. The first-order chi connectivity index (χ1) is 10.9. The number of thioether (sulfide) groups is 1. The van der Waals surface area contributed by atoms with Gasteiger partial charge in [-0.15, -0.1) is 17.0 Å². The summed E-state index contributed by atoms with van der Waals surface area (Å²) in [4.78, 5) is 0. The van der Waals surface area contributed by atoms with Crippen molar-refractivity contribution in [2.45, 2.75) is 11.3 Å². The van der Waals surface area contributed by atoms with E-state index in [-0.39, 0.29) is 44.9 Å². The van der Waals surface area contributed by atoms with Crippen LogP contribution in [-0.2, 0) is 9.84 Å². The molecule has 1 N–H and O–H groups in total. The number of nitrogens with zero attached hydrogens (tertiary/aromatic N) is 2. The molecule has 10 heteroatoms. The lowest BCUT2D eigenvalue weighted by molar-refractivity contribution is 0.375. The van der Waals surface area contributed by atoms with Gasteiger partial charge in [0.2, 0.25) is 0 Å². The number of amidine groups is 1. The lowest BCUT2D eigenvalue weighted by Crippen LogP contribution is -2.32. The first kappa shape index (κ1) is 19.1. The number of nitrogens with one attached hydrogen (secondary N) is 1. The summed E-state index contributed by atoms with van der Waals surface area (Å²) in [6.45, 7) is 0. The number of sulfone groups is 1. The smallest absolute Gasteiger partial charge is 0.177 e. The van der Waals surface area contributed by atoms with E-state index in [9.17, 15) is 8.42 Å². The van der Waals surface area contributed by atoms with Crippen LogP contribution in [0, 0.1) is 5.41 Å². The van der Waals surface area contributed by atoms with Gasteiger partial charge < -0.3 is 9.47 Å². The second-order valence-electron chi connectivity index (χ2n) is 5.30. The van der Waals surface area contributed by atoms with Crippen molar-refractivity contribution in [3.8, 4) is 11.5 Å². The second kappa shape index (κ2) is 7.32. The van der Waals surface area contributed by atoms with E-state index in [0.29, 0.717) is 17.1 Å². The maximum atomic E-state index is 11.8. The first-order valence-corrected chi connectivity index (χ1v) is 9.64. The van der Waals surface area contributed by atoms with Crippen LogP contribution in [-0.4, -0.2) is 61.8 Å². The van der Waals surface area contributed by atoms with Crippen molar-refractivity contribution in [3.05, 3.63) is 23.8 Å². The van der Waals surface area contributed by atoms with Crippen molar-refractivity contribution in [3.63, 3.8) is 0 Å². The average Bonchev–Trinajstić information content (AvgIpc) is 2.95. The number of hydrogen-bond acceptors (Lipinski definition) is 7. The van der Waals surface area contributed by atoms with E-state index in [0.717, 1.165) is 0 Å². The molecule has 3 rings (SSSR count). The Kier molecular flexibility index (Phi) is 5.82. The SMILES string of the molecule is Br.COc1ccc(OC)c(/C=N/N2C(=N)SC3CS(=O)(=O)CC32)c1. The third-order valence-corrected chi connectivity index (χ3v) is 6.94. The topological polar surface area (TPSA) is 92.1 Å². The Morgan fingerprint density at radius 2 is 2.08 bits per heavy atom. The Hall–Kier alpha value is -1.26. The molecule has 132 valence electrons. The van der Waals surface area contributed by atoms with Gasteiger partial charge in [-0.25, -0.2) is 13.4 Å². The molecule has 2 saturated heterocycles. The zero-order valence-corrected chi connectivity index (χ0v) is 16.5. The van der Waals surface area contributed by atoms with Gasteiger partial charge in [0, 0.05) is 10.8 Å². The quantitative estimate of drug-likeness (QED) is 0.724. The predicted octanol–water partition coefficient (Wildman–Crippen LogP) is 1.76. The van der Waals surface area contributed by atoms with Gasteiger partial charge in [0.15, 0.2) is 15.0 Å². The highest BCUT2D eigenvalue weighted by atomic mass is 79.9. The Morgan fingerprint density at radius 1 is 1.33 bits per heavy atom. The maximum Gasteiger partial charge on any atom is 0.177 e. The third-order valence-electron chi connectivity index (χ3n) is 3.82. The van der Waals surface area contributed by atoms with E-state index < -0.39 is 9.84 Å². The van der Waals surface area contributed by atoms with Crippen molar-refractivity contribution >= 4 is 50.0 Å². The van der Waals surface area contributed by atoms with Crippen molar-refractivity contribution in [1.29, 1.82) is 5.41 Å². The predicted molar refractivity (Wildman–Crippen MR) is 101 cm³/mol. The molecule has 2 unspecified atom stereocenters. The third kappa shape index (κ3) is 3.70. The summed E-state index contributed by atoms with van der Waals surface area (Å²) in [6.07, 6.45) is 1.57. The fourth-order valence-electron chi connectivity index (χ4n) is 2.69. The van der Waals surface area contributed by atoms with Crippen LogP contribution in [0.5, 0.6) is 11.5 Å². The van der Waals surface area contributed by atoms with E-state index in [1.54, 1.807) is 38.6 Å². The molecule has 1 aromatic rings. The fraction of sp³-hybridized carbons (Fsp3) is 0.429. The zero-order chi connectivity index (χ0) is 16.6. The molecule has 0 amide bonds. The van der Waals surface area contributed by atoms with E-state index >= 15 is 0 Å². The van der Waals surface area contributed by atoms with Crippen LogP contribution in [0.4, 0.5) is 0 Å². The highest BCUT2D eigenvalue weighted by Crippen LogP contribution is 2.37. The summed E-state index contributed by atoms with van der Waals surface area (Å²) in [5.74, 6) is 1.45. The van der Waals surface area contributed by atoms with Crippen molar-refractivity contribution in [1.82, 2.24) is 5.01 Å². The van der Waals surface area contributed by atoms with Gasteiger partial charge >= 0.3 is 0 Å². The summed E-state index contributed by atoms with van der Waals surface area (Å²) in [5.41, 5.74) is 0.703. The molecule has 0 aliphatic carbocycles. The number of halogens is 1. The van der Waals surface area contributed by atoms with Gasteiger partial charge in [0.1, 0.15) is 11.5 Å². The number of hydrazone groups is 1. The van der Waals surface area contributed by atoms with Crippen LogP contribution in [0.3, 0.4) is 0 Å². The van der Waals surface area contributed by atoms with Crippen LogP contribution in [0.15, 0.2) is 23.3 Å². The number of rotatable bonds is 4. The van der Waals surface area contributed by atoms with Gasteiger partial charge in [-0.1, -0.05) is 11.8 Å². The average molecular weight is 436 g/mol. The van der Waals surface area contributed by atoms with Crippen LogP contribution >= 0.6 is 28.7 Å². The lowest BCUT2D eigenvalue weighted by Gasteiger charge is -2.17. The molecule has 2 atom stereocenters. The van der Waals surface area contributed by atoms with Crippen LogP contribution in [0.2, 0.25) is 0 Å². The van der Waals surface area contributed by atoms with E-state index in [2.05, 4.69) is 5.10 Å². The molecule has 0 saturated carbocycles. The molecular weight excluding hydrogens is 418 g/mol. The summed E-state index contributed by atoms with van der Waals surface area (Å²) >= 11 is 1.26. The largest absolute Gasteiger partial charge is 0.497 e. The number of methoxy groups -OCH3 is 2. The molecule has 0 bridgehead atoms. The minimum absolute atomic E-state index is 0. The van der Waals surface area contributed by atoms with E-state index in [1.165, 1.54) is 16.8 Å². The van der Waals surface area contributed by atoms with Crippen LogP contribution < -0.4 is 9.47 Å². The Morgan fingerprint density at radius 3 is 2.75 bits per heavy atom. The maximum absolute atomic E-state index is 11.8. The molecule has 2 fully saturated rings. The zero-order valence-electron chi connectivity index (χ0n) is 13.1. The number of benzene rings is 1. The molecule has 0 spiro atoms. The van der Waals surface area contributed by atoms with Gasteiger partial charge in [-0.05, 0) is 18.2 Å². The van der Waals surface area contributed by atoms with Gasteiger partial charge in [-0.3, -0.25) is 5.41 Å². The molecule has 7 nitrogen and oxygen atoms in total. The normalized spacial score (nSPS) is 24.8. The Balaban J connectivity index is 0.00000208. The van der Waals surface area contributed by atoms with E-state index in [4.69, 9.17) is 14.9 Å². The second-order valence-corrected chi connectivity index (χ2v) is 8.68. The molecule has 2 aliphatic rings.